The molecule has 31 heavy (non-hydrogen) atoms. The predicted octanol–water partition coefficient (Wildman–Crippen LogP) is 3.80. The zero-order chi connectivity index (χ0) is 22.1. The van der Waals surface area contributed by atoms with Gasteiger partial charge >= 0.3 is 0 Å². The fourth-order valence-corrected chi connectivity index (χ4v) is 2.77. The summed E-state index contributed by atoms with van der Waals surface area (Å²) in [7, 11) is 1.68. The molecule has 1 amide bonds. The Labute approximate surface area is 180 Å². The lowest BCUT2D eigenvalue weighted by Crippen LogP contribution is -2.41. The predicted molar refractivity (Wildman–Crippen MR) is 118 cm³/mol. The Bertz CT molecular complexity index is 1000. The van der Waals surface area contributed by atoms with E-state index >= 15 is 0 Å². The molecule has 0 spiro atoms. The Morgan fingerprint density at radius 1 is 1.13 bits per heavy atom. The molecular formula is C23H25FN4O3. The van der Waals surface area contributed by atoms with Crippen LogP contribution in [0.4, 0.5) is 10.1 Å². The fourth-order valence-electron chi connectivity index (χ4n) is 2.77. The minimum absolute atomic E-state index is 0.183. The molecule has 0 saturated carbocycles. The first-order chi connectivity index (χ1) is 15.0. The summed E-state index contributed by atoms with van der Waals surface area (Å²) in [6.07, 6.45) is 1.27. The van der Waals surface area contributed by atoms with Crippen LogP contribution in [0.2, 0.25) is 0 Å². The second-order valence-electron chi connectivity index (χ2n) is 6.82. The van der Waals surface area contributed by atoms with Gasteiger partial charge in [-0.1, -0.05) is 18.2 Å². The van der Waals surface area contributed by atoms with Crippen molar-refractivity contribution in [2.24, 2.45) is 4.99 Å². The number of furan rings is 1. The van der Waals surface area contributed by atoms with Crippen molar-refractivity contribution in [3.05, 3.63) is 84.1 Å². The van der Waals surface area contributed by atoms with Gasteiger partial charge in [0.2, 0.25) is 0 Å². The van der Waals surface area contributed by atoms with E-state index in [1.54, 1.807) is 31.3 Å². The molecule has 0 saturated heterocycles. The molecular weight excluding hydrogens is 399 g/mol. The van der Waals surface area contributed by atoms with Crippen molar-refractivity contribution < 1.29 is 18.3 Å². The zero-order valence-corrected chi connectivity index (χ0v) is 17.4. The van der Waals surface area contributed by atoms with E-state index in [0.717, 1.165) is 5.56 Å². The van der Waals surface area contributed by atoms with Crippen molar-refractivity contribution in [2.45, 2.75) is 19.6 Å². The summed E-state index contributed by atoms with van der Waals surface area (Å²) in [6.45, 7) is 2.93. The number of carbonyl (C=O) groups excluding carboxylic acids is 1. The molecule has 3 rings (SSSR count). The first kappa shape index (κ1) is 21.9. The average Bonchev–Trinajstić information content (AvgIpc) is 3.30. The number of guanidine groups is 1. The number of carbonyl (C=O) groups is 1. The number of aliphatic imine (C=N–C) groups is 1. The molecule has 1 heterocycles. The summed E-state index contributed by atoms with van der Waals surface area (Å²) in [5.74, 6) is 0.731. The van der Waals surface area contributed by atoms with Gasteiger partial charge in [0.25, 0.3) is 5.91 Å². The van der Waals surface area contributed by atoms with Crippen molar-refractivity contribution in [3.8, 4) is 5.75 Å². The molecule has 1 atom stereocenters. The second kappa shape index (κ2) is 10.8. The molecule has 7 nitrogen and oxygen atoms in total. The molecule has 0 aliphatic carbocycles. The molecule has 1 aromatic heterocycles. The van der Waals surface area contributed by atoms with Gasteiger partial charge < -0.3 is 25.1 Å². The maximum Gasteiger partial charge on any atom is 0.291 e. The number of nitrogens with one attached hydrogen (secondary N) is 3. The standard InChI is InChI=1S/C23H25FN4O3/c1-16(31-20-6-3-5-18(24)13-20)14-26-23(25-2)27-15-17-8-10-19(11-9-17)28-22(29)21-7-4-12-30-21/h3-13,16H,14-15H2,1-2H3,(H,28,29)(H2,25,26,27). The largest absolute Gasteiger partial charge is 0.489 e. The molecule has 0 aliphatic heterocycles. The number of hydrogen-bond acceptors (Lipinski definition) is 4. The van der Waals surface area contributed by atoms with Crippen molar-refractivity contribution >= 4 is 17.6 Å². The number of hydrogen-bond donors (Lipinski definition) is 3. The van der Waals surface area contributed by atoms with Gasteiger partial charge in [0.05, 0.1) is 12.8 Å². The third-order valence-corrected chi connectivity index (χ3v) is 4.33. The summed E-state index contributed by atoms with van der Waals surface area (Å²) in [5, 5.41) is 9.17. The van der Waals surface area contributed by atoms with Crippen molar-refractivity contribution in [1.29, 1.82) is 0 Å². The minimum Gasteiger partial charge on any atom is -0.489 e. The van der Waals surface area contributed by atoms with E-state index in [-0.39, 0.29) is 23.6 Å². The number of benzene rings is 2. The highest BCUT2D eigenvalue weighted by molar-refractivity contribution is 6.02. The highest BCUT2D eigenvalue weighted by atomic mass is 19.1. The van der Waals surface area contributed by atoms with Crippen LogP contribution in [0.25, 0.3) is 0 Å². The van der Waals surface area contributed by atoms with E-state index in [2.05, 4.69) is 20.9 Å². The number of anilines is 1. The molecule has 0 bridgehead atoms. The maximum atomic E-state index is 13.2. The SMILES string of the molecule is CN=C(NCc1ccc(NC(=O)c2ccco2)cc1)NCC(C)Oc1cccc(F)c1. The fraction of sp³-hybridized carbons (Fsp3) is 0.217. The highest BCUT2D eigenvalue weighted by Crippen LogP contribution is 2.14. The van der Waals surface area contributed by atoms with Crippen LogP contribution in [0.15, 0.2) is 76.3 Å². The van der Waals surface area contributed by atoms with Crippen LogP contribution < -0.4 is 20.7 Å². The average molecular weight is 424 g/mol. The van der Waals surface area contributed by atoms with Crippen molar-refractivity contribution in [1.82, 2.24) is 10.6 Å². The Hall–Kier alpha value is -3.81. The minimum atomic E-state index is -0.332. The van der Waals surface area contributed by atoms with E-state index in [4.69, 9.17) is 9.15 Å². The van der Waals surface area contributed by atoms with Crippen molar-refractivity contribution in [2.75, 3.05) is 18.9 Å². The highest BCUT2D eigenvalue weighted by Gasteiger charge is 2.09. The topological polar surface area (TPSA) is 87.9 Å². The summed E-state index contributed by atoms with van der Waals surface area (Å²) in [5.41, 5.74) is 1.69. The molecule has 2 aromatic carbocycles. The van der Waals surface area contributed by atoms with Gasteiger partial charge in [0.1, 0.15) is 17.7 Å². The number of amides is 1. The van der Waals surface area contributed by atoms with Crippen LogP contribution in [0.3, 0.4) is 0 Å². The molecule has 0 radical (unpaired) electrons. The normalized spacial score (nSPS) is 12.2. The molecule has 3 aromatic rings. The Kier molecular flexibility index (Phi) is 7.64. The number of ether oxygens (including phenoxy) is 1. The maximum absolute atomic E-state index is 13.2. The molecule has 8 heteroatoms. The lowest BCUT2D eigenvalue weighted by molar-refractivity contribution is 0.0996. The summed E-state index contributed by atoms with van der Waals surface area (Å²) < 4.78 is 24.0. The van der Waals surface area contributed by atoms with Crippen LogP contribution in [0.1, 0.15) is 23.0 Å². The molecule has 1 unspecified atom stereocenters. The molecule has 162 valence electrons. The first-order valence-corrected chi connectivity index (χ1v) is 9.84. The van der Waals surface area contributed by atoms with Crippen LogP contribution in [-0.2, 0) is 6.54 Å². The van der Waals surface area contributed by atoms with Gasteiger partial charge in [-0.3, -0.25) is 9.79 Å². The van der Waals surface area contributed by atoms with Crippen molar-refractivity contribution in [3.63, 3.8) is 0 Å². The zero-order valence-electron chi connectivity index (χ0n) is 17.4. The molecule has 0 aliphatic rings. The van der Waals surface area contributed by atoms with Gasteiger partial charge in [-0.25, -0.2) is 4.39 Å². The van der Waals surface area contributed by atoms with Crippen LogP contribution in [0, 0.1) is 5.82 Å². The van der Waals surface area contributed by atoms with E-state index in [1.807, 2.05) is 31.2 Å². The third-order valence-electron chi connectivity index (χ3n) is 4.33. The van der Waals surface area contributed by atoms with Gasteiger partial charge in [-0.05, 0) is 48.9 Å². The lowest BCUT2D eigenvalue weighted by atomic mass is 10.2. The quantitative estimate of drug-likeness (QED) is 0.378. The van der Waals surface area contributed by atoms with Crippen LogP contribution >= 0.6 is 0 Å². The second-order valence-corrected chi connectivity index (χ2v) is 6.82. The monoisotopic (exact) mass is 424 g/mol. The Morgan fingerprint density at radius 2 is 1.94 bits per heavy atom. The summed E-state index contributed by atoms with van der Waals surface area (Å²) in [6, 6.07) is 16.8. The third kappa shape index (κ3) is 6.88. The van der Waals surface area contributed by atoms with E-state index in [9.17, 15) is 9.18 Å². The van der Waals surface area contributed by atoms with E-state index in [0.29, 0.717) is 30.5 Å². The van der Waals surface area contributed by atoms with Gasteiger partial charge in [-0.15, -0.1) is 0 Å². The number of halogens is 1. The molecule has 0 fully saturated rings. The van der Waals surface area contributed by atoms with Crippen LogP contribution in [-0.4, -0.2) is 31.6 Å². The Balaban J connectivity index is 1.43. The van der Waals surface area contributed by atoms with E-state index in [1.165, 1.54) is 18.4 Å². The first-order valence-electron chi connectivity index (χ1n) is 9.84. The van der Waals surface area contributed by atoms with E-state index < -0.39 is 0 Å². The van der Waals surface area contributed by atoms with Crippen LogP contribution in [0.5, 0.6) is 5.75 Å². The smallest absolute Gasteiger partial charge is 0.291 e. The Morgan fingerprint density at radius 3 is 2.61 bits per heavy atom. The molecule has 3 N–H and O–H groups in total. The number of rotatable bonds is 8. The number of nitrogens with zero attached hydrogens (tertiary/aromatic N) is 1. The summed E-state index contributed by atoms with van der Waals surface area (Å²) >= 11 is 0. The van der Waals surface area contributed by atoms with Gasteiger partial charge in [-0.2, -0.15) is 0 Å². The lowest BCUT2D eigenvalue weighted by Gasteiger charge is -2.18. The summed E-state index contributed by atoms with van der Waals surface area (Å²) in [4.78, 5) is 16.2. The van der Waals surface area contributed by atoms with Gasteiger partial charge in [0, 0.05) is 25.3 Å². The van der Waals surface area contributed by atoms with Gasteiger partial charge in [0.15, 0.2) is 11.7 Å².